The highest BCUT2D eigenvalue weighted by Gasteiger charge is 2.22. The van der Waals surface area contributed by atoms with Crippen molar-refractivity contribution in [3.63, 3.8) is 0 Å². The Hall–Kier alpha value is -1.12. The van der Waals surface area contributed by atoms with E-state index in [9.17, 15) is 9.59 Å². The molecule has 1 aliphatic carbocycles. The molecular formula is C12H18O3. The summed E-state index contributed by atoms with van der Waals surface area (Å²) in [5.41, 5.74) is 0. The van der Waals surface area contributed by atoms with Crippen molar-refractivity contribution in [3.05, 3.63) is 12.2 Å². The SMILES string of the molecule is CC(=O)OC(C)C=CCC1CCCC1=O. The lowest BCUT2D eigenvalue weighted by Gasteiger charge is -2.07. The zero-order valence-electron chi connectivity index (χ0n) is 9.36. The summed E-state index contributed by atoms with van der Waals surface area (Å²) >= 11 is 0. The molecule has 0 heterocycles. The monoisotopic (exact) mass is 210 g/mol. The maximum absolute atomic E-state index is 11.3. The van der Waals surface area contributed by atoms with Gasteiger partial charge in [0.1, 0.15) is 11.9 Å². The van der Waals surface area contributed by atoms with Crippen molar-refractivity contribution in [2.45, 2.75) is 45.6 Å². The van der Waals surface area contributed by atoms with E-state index >= 15 is 0 Å². The molecule has 0 radical (unpaired) electrons. The Kier molecular flexibility index (Phi) is 4.53. The third-order valence-corrected chi connectivity index (χ3v) is 2.61. The van der Waals surface area contributed by atoms with Gasteiger partial charge in [-0.15, -0.1) is 0 Å². The van der Waals surface area contributed by atoms with E-state index in [1.165, 1.54) is 6.92 Å². The van der Waals surface area contributed by atoms with Crippen molar-refractivity contribution in [2.75, 3.05) is 0 Å². The van der Waals surface area contributed by atoms with Gasteiger partial charge in [-0.2, -0.15) is 0 Å². The molecule has 2 atom stereocenters. The minimum atomic E-state index is -0.274. The Morgan fingerprint density at radius 3 is 2.93 bits per heavy atom. The van der Waals surface area contributed by atoms with E-state index in [-0.39, 0.29) is 18.0 Å². The molecule has 15 heavy (non-hydrogen) atoms. The number of ketones is 1. The zero-order valence-corrected chi connectivity index (χ0v) is 9.36. The molecule has 0 spiro atoms. The van der Waals surface area contributed by atoms with Crippen LogP contribution < -0.4 is 0 Å². The molecule has 0 aliphatic heterocycles. The van der Waals surface area contributed by atoms with Gasteiger partial charge in [-0.05, 0) is 32.3 Å². The minimum absolute atomic E-state index is 0.195. The average Bonchev–Trinajstić information content (AvgIpc) is 2.50. The Balaban J connectivity index is 2.26. The molecule has 0 saturated heterocycles. The molecule has 0 aromatic rings. The standard InChI is InChI=1S/C12H18O3/c1-9(15-10(2)13)5-3-6-11-7-4-8-12(11)14/h3,5,9,11H,4,6-8H2,1-2H3. The van der Waals surface area contributed by atoms with E-state index in [0.29, 0.717) is 5.78 Å². The fourth-order valence-electron chi connectivity index (χ4n) is 1.87. The van der Waals surface area contributed by atoms with Gasteiger partial charge in [0.05, 0.1) is 0 Å². The first-order valence-corrected chi connectivity index (χ1v) is 5.46. The number of allylic oxidation sites excluding steroid dienone is 1. The lowest BCUT2D eigenvalue weighted by molar-refractivity contribution is -0.143. The van der Waals surface area contributed by atoms with Crippen LogP contribution in [0.25, 0.3) is 0 Å². The van der Waals surface area contributed by atoms with E-state index in [2.05, 4.69) is 0 Å². The van der Waals surface area contributed by atoms with Gasteiger partial charge in [0.2, 0.25) is 0 Å². The molecule has 0 aromatic carbocycles. The van der Waals surface area contributed by atoms with Crippen molar-refractivity contribution in [2.24, 2.45) is 5.92 Å². The van der Waals surface area contributed by atoms with Crippen molar-refractivity contribution in [1.82, 2.24) is 0 Å². The smallest absolute Gasteiger partial charge is 0.303 e. The average molecular weight is 210 g/mol. The summed E-state index contributed by atoms with van der Waals surface area (Å²) in [6.45, 7) is 3.21. The maximum Gasteiger partial charge on any atom is 0.303 e. The zero-order chi connectivity index (χ0) is 11.3. The van der Waals surface area contributed by atoms with Crippen LogP contribution in [0, 0.1) is 5.92 Å². The molecule has 1 saturated carbocycles. The molecule has 0 aromatic heterocycles. The number of carbonyl (C=O) groups excluding carboxylic acids is 2. The van der Waals surface area contributed by atoms with Gasteiger partial charge in [-0.1, -0.05) is 6.08 Å². The summed E-state index contributed by atoms with van der Waals surface area (Å²) in [5, 5.41) is 0. The first-order chi connectivity index (χ1) is 7.09. The van der Waals surface area contributed by atoms with Crippen LogP contribution in [0.4, 0.5) is 0 Å². The van der Waals surface area contributed by atoms with Gasteiger partial charge in [0, 0.05) is 19.3 Å². The molecule has 1 aliphatic rings. The normalized spacial score (nSPS) is 23.3. The number of Topliss-reactive ketones (excluding diaryl/α,β-unsaturated/α-hetero) is 1. The van der Waals surface area contributed by atoms with E-state index in [1.807, 2.05) is 19.1 Å². The van der Waals surface area contributed by atoms with Crippen LogP contribution in [0.3, 0.4) is 0 Å². The van der Waals surface area contributed by atoms with Crippen LogP contribution in [0.2, 0.25) is 0 Å². The van der Waals surface area contributed by atoms with Crippen molar-refractivity contribution < 1.29 is 14.3 Å². The van der Waals surface area contributed by atoms with E-state index < -0.39 is 0 Å². The number of carbonyl (C=O) groups is 2. The molecule has 0 N–H and O–H groups in total. The van der Waals surface area contributed by atoms with Crippen molar-refractivity contribution >= 4 is 11.8 Å². The Morgan fingerprint density at radius 2 is 2.40 bits per heavy atom. The number of esters is 1. The lowest BCUT2D eigenvalue weighted by atomic mass is 10.0. The van der Waals surface area contributed by atoms with Crippen LogP contribution in [0.1, 0.15) is 39.5 Å². The number of ether oxygens (including phenoxy) is 1. The van der Waals surface area contributed by atoms with E-state index in [4.69, 9.17) is 4.74 Å². The molecule has 3 nitrogen and oxygen atoms in total. The molecule has 0 amide bonds. The quantitative estimate of drug-likeness (QED) is 0.528. The second kappa shape index (κ2) is 5.69. The largest absolute Gasteiger partial charge is 0.459 e. The predicted molar refractivity (Wildman–Crippen MR) is 57.3 cm³/mol. The lowest BCUT2D eigenvalue weighted by Crippen LogP contribution is -2.09. The van der Waals surface area contributed by atoms with E-state index in [0.717, 1.165) is 25.7 Å². The van der Waals surface area contributed by atoms with Gasteiger partial charge >= 0.3 is 5.97 Å². The summed E-state index contributed by atoms with van der Waals surface area (Å²) in [6.07, 6.45) is 7.14. The molecular weight excluding hydrogens is 192 g/mol. The summed E-state index contributed by atoms with van der Waals surface area (Å²) in [7, 11) is 0. The topological polar surface area (TPSA) is 43.4 Å². The van der Waals surface area contributed by atoms with Gasteiger partial charge in [0.25, 0.3) is 0 Å². The van der Waals surface area contributed by atoms with Gasteiger partial charge in [-0.25, -0.2) is 0 Å². The Morgan fingerprint density at radius 1 is 1.67 bits per heavy atom. The summed E-state index contributed by atoms with van der Waals surface area (Å²) in [6, 6.07) is 0. The summed E-state index contributed by atoms with van der Waals surface area (Å²) < 4.78 is 4.93. The molecule has 3 heteroatoms. The van der Waals surface area contributed by atoms with Crippen LogP contribution in [-0.4, -0.2) is 17.9 Å². The molecule has 84 valence electrons. The summed E-state index contributed by atoms with van der Waals surface area (Å²) in [5.74, 6) is 0.301. The summed E-state index contributed by atoms with van der Waals surface area (Å²) in [4.78, 5) is 21.9. The molecule has 0 bridgehead atoms. The second-order valence-electron chi connectivity index (χ2n) is 4.03. The van der Waals surface area contributed by atoms with Gasteiger partial charge in [0.15, 0.2) is 0 Å². The first kappa shape index (κ1) is 12.0. The Bertz CT molecular complexity index is 268. The fraction of sp³-hybridized carbons (Fsp3) is 0.667. The van der Waals surface area contributed by atoms with Crippen LogP contribution in [-0.2, 0) is 14.3 Å². The maximum atomic E-state index is 11.3. The van der Waals surface area contributed by atoms with Gasteiger partial charge < -0.3 is 4.74 Å². The molecule has 1 rings (SSSR count). The van der Waals surface area contributed by atoms with Gasteiger partial charge in [-0.3, -0.25) is 9.59 Å². The fourth-order valence-corrected chi connectivity index (χ4v) is 1.87. The van der Waals surface area contributed by atoms with Crippen LogP contribution >= 0.6 is 0 Å². The third kappa shape index (κ3) is 4.28. The second-order valence-corrected chi connectivity index (χ2v) is 4.03. The molecule has 1 fully saturated rings. The van der Waals surface area contributed by atoms with Crippen molar-refractivity contribution in [3.8, 4) is 0 Å². The van der Waals surface area contributed by atoms with E-state index in [1.54, 1.807) is 0 Å². The van der Waals surface area contributed by atoms with Crippen molar-refractivity contribution in [1.29, 1.82) is 0 Å². The first-order valence-electron chi connectivity index (χ1n) is 5.46. The number of hydrogen-bond acceptors (Lipinski definition) is 3. The number of rotatable bonds is 4. The van der Waals surface area contributed by atoms with Crippen LogP contribution in [0.5, 0.6) is 0 Å². The Labute approximate surface area is 90.5 Å². The molecule has 2 unspecified atom stereocenters. The minimum Gasteiger partial charge on any atom is -0.459 e. The highest BCUT2D eigenvalue weighted by Crippen LogP contribution is 2.24. The highest BCUT2D eigenvalue weighted by molar-refractivity contribution is 5.82. The number of hydrogen-bond donors (Lipinski definition) is 0. The van der Waals surface area contributed by atoms with Crippen LogP contribution in [0.15, 0.2) is 12.2 Å². The third-order valence-electron chi connectivity index (χ3n) is 2.61. The highest BCUT2D eigenvalue weighted by atomic mass is 16.5. The predicted octanol–water partition coefficient (Wildman–Crippen LogP) is 2.25.